The molecule has 0 radical (unpaired) electrons. The van der Waals surface area contributed by atoms with Gasteiger partial charge in [-0.05, 0) is 20.3 Å². The van der Waals surface area contributed by atoms with Crippen molar-refractivity contribution in [3.63, 3.8) is 0 Å². The van der Waals surface area contributed by atoms with Crippen LogP contribution in [0.3, 0.4) is 0 Å². The van der Waals surface area contributed by atoms with Crippen LogP contribution >= 0.6 is 0 Å². The van der Waals surface area contributed by atoms with Gasteiger partial charge < -0.3 is 19.1 Å². The van der Waals surface area contributed by atoms with Gasteiger partial charge in [0.2, 0.25) is 0 Å². The van der Waals surface area contributed by atoms with E-state index in [1.54, 1.807) is 12.5 Å². The lowest BCUT2D eigenvalue weighted by molar-refractivity contribution is -0.0457. The van der Waals surface area contributed by atoms with Crippen LogP contribution in [0.25, 0.3) is 0 Å². The van der Waals surface area contributed by atoms with Crippen LogP contribution in [0.15, 0.2) is 0 Å². The molecule has 0 aliphatic rings. The Morgan fingerprint density at radius 1 is 1.18 bits per heavy atom. The fourth-order valence-electron chi connectivity index (χ4n) is 0.829. The molecule has 1 N–H and O–H groups in total. The maximum atomic E-state index is 9.56. The molecule has 0 saturated heterocycles. The number of rotatable bonds is 8. The van der Waals surface area contributed by atoms with E-state index in [1.165, 1.54) is 0 Å². The second-order valence-corrected chi connectivity index (χ2v) is 5.59. The lowest BCUT2D eigenvalue weighted by atomic mass is 10.3. The molecule has 5 heteroatoms. The molecule has 0 heterocycles. The fraction of sp³-hybridized carbons (Fsp3) is 1.00. The molecule has 0 rings (SSSR count). The van der Waals surface area contributed by atoms with Gasteiger partial charge in [0.15, 0.2) is 0 Å². The molecule has 17 heavy (non-hydrogen) atoms. The van der Waals surface area contributed by atoms with E-state index >= 15 is 0 Å². The molecule has 0 aliphatic carbocycles. The van der Waals surface area contributed by atoms with Gasteiger partial charge >= 0.3 is 0 Å². The summed E-state index contributed by atoms with van der Waals surface area (Å²) in [5, 5.41) is 8.70. The van der Waals surface area contributed by atoms with Gasteiger partial charge in [-0.2, -0.15) is 0 Å². The highest BCUT2D eigenvalue weighted by molar-refractivity contribution is 7.89. The average molecular weight is 268 g/mol. The molecule has 4 nitrogen and oxygen atoms in total. The first-order valence-corrected chi connectivity index (χ1v) is 7.99. The van der Waals surface area contributed by atoms with Crippen molar-refractivity contribution in [1.29, 1.82) is 0 Å². The summed E-state index contributed by atoms with van der Waals surface area (Å²) in [7, 11) is 0. The van der Waals surface area contributed by atoms with E-state index in [2.05, 4.69) is 6.92 Å². The minimum Gasteiger partial charge on any atom is -0.617 e. The van der Waals surface area contributed by atoms with Gasteiger partial charge in [0, 0.05) is 6.61 Å². The van der Waals surface area contributed by atoms with Crippen LogP contribution in [-0.2, 0) is 20.6 Å². The van der Waals surface area contributed by atoms with Crippen molar-refractivity contribution in [2.45, 2.75) is 45.8 Å². The van der Waals surface area contributed by atoms with Gasteiger partial charge in [-0.25, -0.2) is 0 Å². The Labute approximate surface area is 109 Å². The molecule has 2 atom stereocenters. The lowest BCUT2D eigenvalue weighted by Gasteiger charge is -2.15. The molecule has 106 valence electrons. The molecule has 0 aliphatic heterocycles. The number of aliphatic hydroxyl groups is 1. The van der Waals surface area contributed by atoms with Gasteiger partial charge in [0.05, 0.1) is 37.9 Å². The smallest absolute Gasteiger partial charge is 0.0946 e. The first-order valence-electron chi connectivity index (χ1n) is 6.03. The molecule has 0 saturated carbocycles. The van der Waals surface area contributed by atoms with Crippen molar-refractivity contribution in [2.24, 2.45) is 0 Å². The number of unbranched alkanes of at least 4 members (excludes halogenated alkanes) is 1. The molecule has 0 aromatic heterocycles. The summed E-state index contributed by atoms with van der Waals surface area (Å²) in [5.74, 6) is 0. The maximum absolute atomic E-state index is 9.56. The van der Waals surface area contributed by atoms with E-state index in [0.717, 1.165) is 19.4 Å². The third-order valence-electron chi connectivity index (χ3n) is 1.77. The van der Waals surface area contributed by atoms with Crippen molar-refractivity contribution >= 4 is 11.2 Å². The van der Waals surface area contributed by atoms with Gasteiger partial charge in [0.1, 0.15) is 0 Å². The van der Waals surface area contributed by atoms with Crippen LogP contribution in [0.1, 0.15) is 33.6 Å². The molecule has 2 unspecified atom stereocenters. The largest absolute Gasteiger partial charge is 0.617 e. The second-order valence-electron chi connectivity index (χ2n) is 4.10. The standard InChI is InChI=1S/C10H22O3.C2H6OS/c1-4-5-6-12-10(3)8-13-9(2)7-11;1-4(2)3/h9-11H,4-8H2,1-3H3;1-2H3. The summed E-state index contributed by atoms with van der Waals surface area (Å²) in [4.78, 5) is 0. The minimum atomic E-state index is -0.611. The normalized spacial score (nSPS) is 14.1. The molecule has 0 spiro atoms. The summed E-state index contributed by atoms with van der Waals surface area (Å²) in [6, 6.07) is 0. The predicted octanol–water partition coefficient (Wildman–Crippen LogP) is 1.58. The average Bonchev–Trinajstić information content (AvgIpc) is 2.25. The zero-order valence-corrected chi connectivity index (χ0v) is 12.6. The third kappa shape index (κ3) is 21.9. The van der Waals surface area contributed by atoms with Crippen LogP contribution in [0.5, 0.6) is 0 Å². The topological polar surface area (TPSA) is 61.8 Å². The monoisotopic (exact) mass is 268 g/mol. The summed E-state index contributed by atoms with van der Waals surface area (Å²) >= 11 is -0.611. The number of ether oxygens (including phenoxy) is 2. The van der Waals surface area contributed by atoms with E-state index < -0.39 is 11.2 Å². The van der Waals surface area contributed by atoms with Crippen LogP contribution in [0.2, 0.25) is 0 Å². The quantitative estimate of drug-likeness (QED) is 0.536. The highest BCUT2D eigenvalue weighted by Gasteiger charge is 2.05. The summed E-state index contributed by atoms with van der Waals surface area (Å²) in [5.41, 5.74) is 0. The zero-order chi connectivity index (χ0) is 13.7. The summed E-state index contributed by atoms with van der Waals surface area (Å²) < 4.78 is 20.3. The van der Waals surface area contributed by atoms with Crippen LogP contribution in [-0.4, -0.2) is 54.2 Å². The summed E-state index contributed by atoms with van der Waals surface area (Å²) in [6.45, 7) is 7.40. The van der Waals surface area contributed by atoms with Gasteiger partial charge in [-0.3, -0.25) is 0 Å². The lowest BCUT2D eigenvalue weighted by Crippen LogP contribution is -2.22. The maximum Gasteiger partial charge on any atom is 0.0946 e. The van der Waals surface area contributed by atoms with E-state index in [9.17, 15) is 4.55 Å². The Kier molecular flexibility index (Phi) is 16.4. The molecule has 0 bridgehead atoms. The predicted molar refractivity (Wildman–Crippen MR) is 72.8 cm³/mol. The van der Waals surface area contributed by atoms with Gasteiger partial charge in [-0.15, -0.1) is 0 Å². The van der Waals surface area contributed by atoms with E-state index in [0.29, 0.717) is 6.61 Å². The van der Waals surface area contributed by atoms with Gasteiger partial charge in [0.25, 0.3) is 0 Å². The molecule has 0 fully saturated rings. The number of hydrogen-bond acceptors (Lipinski definition) is 4. The SMILES string of the molecule is CCCCOC(C)COC(C)CO.C[S+](C)[O-]. The van der Waals surface area contributed by atoms with E-state index in [-0.39, 0.29) is 18.8 Å². The number of aliphatic hydroxyl groups excluding tert-OH is 1. The first-order chi connectivity index (χ1) is 7.93. The Balaban J connectivity index is 0. The first kappa shape index (κ1) is 19.5. The molecular formula is C12H28O4S. The van der Waals surface area contributed by atoms with Crippen LogP contribution in [0.4, 0.5) is 0 Å². The van der Waals surface area contributed by atoms with Crippen molar-refractivity contribution in [1.82, 2.24) is 0 Å². The second kappa shape index (κ2) is 14.3. The Bertz CT molecular complexity index is 142. The van der Waals surface area contributed by atoms with Crippen LogP contribution < -0.4 is 0 Å². The van der Waals surface area contributed by atoms with E-state index in [1.807, 2.05) is 13.8 Å². The summed E-state index contributed by atoms with van der Waals surface area (Å²) in [6.07, 6.45) is 5.57. The molecular weight excluding hydrogens is 240 g/mol. The van der Waals surface area contributed by atoms with Crippen molar-refractivity contribution in [3.8, 4) is 0 Å². The van der Waals surface area contributed by atoms with E-state index in [4.69, 9.17) is 14.6 Å². The molecule has 0 amide bonds. The third-order valence-corrected chi connectivity index (χ3v) is 1.77. The Morgan fingerprint density at radius 3 is 2.12 bits per heavy atom. The minimum absolute atomic E-state index is 0.0711. The van der Waals surface area contributed by atoms with Crippen molar-refractivity contribution < 1.29 is 19.1 Å². The van der Waals surface area contributed by atoms with Crippen molar-refractivity contribution in [2.75, 3.05) is 32.3 Å². The molecule has 0 aromatic carbocycles. The highest BCUT2D eigenvalue weighted by atomic mass is 32.2. The van der Waals surface area contributed by atoms with Gasteiger partial charge in [-0.1, -0.05) is 24.5 Å². The highest BCUT2D eigenvalue weighted by Crippen LogP contribution is 1.98. The van der Waals surface area contributed by atoms with Crippen molar-refractivity contribution in [3.05, 3.63) is 0 Å². The van der Waals surface area contributed by atoms with Crippen LogP contribution in [0, 0.1) is 0 Å². The molecule has 0 aromatic rings. The Hall–Kier alpha value is 0.190. The number of hydrogen-bond donors (Lipinski definition) is 1. The fourth-order valence-corrected chi connectivity index (χ4v) is 0.829. The Morgan fingerprint density at radius 2 is 1.71 bits per heavy atom. The zero-order valence-electron chi connectivity index (χ0n) is 11.8.